The quantitative estimate of drug-likeness (QED) is 0.656. The third-order valence-corrected chi connectivity index (χ3v) is 3.58. The Labute approximate surface area is 126 Å². The van der Waals surface area contributed by atoms with E-state index in [0.717, 1.165) is 5.52 Å². The van der Waals surface area contributed by atoms with Crippen LogP contribution < -0.4 is 0 Å². The van der Waals surface area contributed by atoms with Crippen molar-refractivity contribution in [2.24, 2.45) is 0 Å². The maximum absolute atomic E-state index is 13.7. The van der Waals surface area contributed by atoms with Crippen LogP contribution in [0.2, 0.25) is 0 Å². The van der Waals surface area contributed by atoms with Gasteiger partial charge in [0.15, 0.2) is 0 Å². The molecule has 0 unspecified atom stereocenters. The van der Waals surface area contributed by atoms with E-state index >= 15 is 0 Å². The number of imidazole rings is 1. The molecule has 0 aliphatic rings. The Bertz CT molecular complexity index is 811. The molecule has 5 heteroatoms. The molecule has 2 aromatic carbocycles. The topological polar surface area (TPSA) is 17.8 Å². The Morgan fingerprint density at radius 3 is 2.71 bits per heavy atom. The normalized spacial score (nSPS) is 11.2. The van der Waals surface area contributed by atoms with Crippen molar-refractivity contribution >= 4 is 22.6 Å². The van der Waals surface area contributed by atoms with Crippen LogP contribution in [-0.4, -0.2) is 15.4 Å². The van der Waals surface area contributed by atoms with Crippen molar-refractivity contribution in [1.82, 2.24) is 9.55 Å². The predicted molar refractivity (Wildman–Crippen MR) is 80.1 cm³/mol. The SMILES string of the molecule is Cc1cc2c(cc1F)nc(CCCl)n2-c1cccc(F)c1. The van der Waals surface area contributed by atoms with Gasteiger partial charge in [0.25, 0.3) is 0 Å². The highest BCUT2D eigenvalue weighted by Crippen LogP contribution is 2.25. The van der Waals surface area contributed by atoms with Gasteiger partial charge in [-0.3, -0.25) is 4.57 Å². The Morgan fingerprint density at radius 1 is 1.19 bits per heavy atom. The van der Waals surface area contributed by atoms with Gasteiger partial charge >= 0.3 is 0 Å². The molecular weight excluding hydrogens is 294 g/mol. The number of alkyl halides is 1. The van der Waals surface area contributed by atoms with E-state index < -0.39 is 0 Å². The second kappa shape index (κ2) is 5.45. The fraction of sp³-hybridized carbons (Fsp3) is 0.188. The van der Waals surface area contributed by atoms with E-state index in [2.05, 4.69) is 4.98 Å². The second-order valence-electron chi connectivity index (χ2n) is 4.87. The van der Waals surface area contributed by atoms with Gasteiger partial charge in [-0.2, -0.15) is 0 Å². The van der Waals surface area contributed by atoms with Crippen molar-refractivity contribution in [2.75, 3.05) is 5.88 Å². The van der Waals surface area contributed by atoms with E-state index in [1.165, 1.54) is 18.2 Å². The van der Waals surface area contributed by atoms with Crippen molar-refractivity contribution in [3.63, 3.8) is 0 Å². The van der Waals surface area contributed by atoms with Crippen LogP contribution in [0.15, 0.2) is 36.4 Å². The molecule has 0 amide bonds. The van der Waals surface area contributed by atoms with Gasteiger partial charge in [-0.15, -0.1) is 11.6 Å². The summed E-state index contributed by atoms with van der Waals surface area (Å²) in [5, 5.41) is 0. The molecule has 0 aliphatic heterocycles. The van der Waals surface area contributed by atoms with Crippen LogP contribution in [-0.2, 0) is 6.42 Å². The molecule has 2 nitrogen and oxygen atoms in total. The third kappa shape index (κ3) is 2.51. The summed E-state index contributed by atoms with van der Waals surface area (Å²) >= 11 is 5.82. The molecular formula is C16H13ClF2N2. The molecule has 0 N–H and O–H groups in total. The summed E-state index contributed by atoms with van der Waals surface area (Å²) in [6.07, 6.45) is 0.521. The van der Waals surface area contributed by atoms with Crippen molar-refractivity contribution in [1.29, 1.82) is 0 Å². The Balaban J connectivity index is 2.32. The van der Waals surface area contributed by atoms with Crippen LogP contribution >= 0.6 is 11.6 Å². The maximum Gasteiger partial charge on any atom is 0.128 e. The molecule has 0 aliphatic carbocycles. The first kappa shape index (κ1) is 14.0. The highest BCUT2D eigenvalue weighted by Gasteiger charge is 2.14. The molecule has 0 saturated carbocycles. The zero-order chi connectivity index (χ0) is 15.0. The number of hydrogen-bond donors (Lipinski definition) is 0. The third-order valence-electron chi connectivity index (χ3n) is 3.39. The maximum atomic E-state index is 13.7. The lowest BCUT2D eigenvalue weighted by Crippen LogP contribution is -2.02. The van der Waals surface area contributed by atoms with Gasteiger partial charge in [0.1, 0.15) is 17.5 Å². The van der Waals surface area contributed by atoms with E-state index in [4.69, 9.17) is 11.6 Å². The smallest absolute Gasteiger partial charge is 0.128 e. The van der Waals surface area contributed by atoms with Crippen LogP contribution in [0.1, 0.15) is 11.4 Å². The number of rotatable bonds is 3. The standard InChI is InChI=1S/C16H13ClF2N2/c1-10-7-15-14(9-13(10)19)20-16(5-6-17)21(15)12-4-2-3-11(18)8-12/h2-4,7-9H,5-6H2,1H3. The van der Waals surface area contributed by atoms with Crippen LogP contribution in [0.4, 0.5) is 8.78 Å². The molecule has 3 aromatic rings. The summed E-state index contributed by atoms with van der Waals surface area (Å²) in [4.78, 5) is 4.43. The molecule has 108 valence electrons. The Hall–Kier alpha value is -1.94. The van der Waals surface area contributed by atoms with E-state index in [0.29, 0.717) is 34.9 Å². The summed E-state index contributed by atoms with van der Waals surface area (Å²) in [7, 11) is 0. The monoisotopic (exact) mass is 306 g/mol. The van der Waals surface area contributed by atoms with Crippen LogP contribution in [0.5, 0.6) is 0 Å². The van der Waals surface area contributed by atoms with E-state index in [-0.39, 0.29) is 11.6 Å². The van der Waals surface area contributed by atoms with Crippen LogP contribution in [0, 0.1) is 18.6 Å². The van der Waals surface area contributed by atoms with Gasteiger partial charge in [0.05, 0.1) is 16.7 Å². The van der Waals surface area contributed by atoms with Gasteiger partial charge in [0.2, 0.25) is 0 Å². The van der Waals surface area contributed by atoms with Crippen molar-refractivity contribution < 1.29 is 8.78 Å². The van der Waals surface area contributed by atoms with E-state index in [9.17, 15) is 8.78 Å². The van der Waals surface area contributed by atoms with Crippen molar-refractivity contribution in [3.05, 3.63) is 59.4 Å². The molecule has 0 atom stereocenters. The van der Waals surface area contributed by atoms with Gasteiger partial charge in [-0.25, -0.2) is 13.8 Å². The molecule has 0 fully saturated rings. The number of aromatic nitrogens is 2. The van der Waals surface area contributed by atoms with Gasteiger partial charge < -0.3 is 0 Å². The zero-order valence-corrected chi connectivity index (χ0v) is 12.2. The Morgan fingerprint density at radius 2 is 2.00 bits per heavy atom. The number of benzene rings is 2. The van der Waals surface area contributed by atoms with Crippen LogP contribution in [0.3, 0.4) is 0 Å². The minimum Gasteiger partial charge on any atom is -0.296 e. The van der Waals surface area contributed by atoms with Crippen molar-refractivity contribution in [3.8, 4) is 5.69 Å². The first-order valence-corrected chi connectivity index (χ1v) is 7.13. The summed E-state index contributed by atoms with van der Waals surface area (Å²) in [6.45, 7) is 1.69. The highest BCUT2D eigenvalue weighted by molar-refractivity contribution is 6.17. The van der Waals surface area contributed by atoms with Gasteiger partial charge in [0, 0.05) is 18.4 Å². The molecule has 1 heterocycles. The molecule has 0 radical (unpaired) electrons. The molecule has 0 saturated heterocycles. The summed E-state index contributed by atoms with van der Waals surface area (Å²) in [5.74, 6) is 0.449. The highest BCUT2D eigenvalue weighted by atomic mass is 35.5. The van der Waals surface area contributed by atoms with Gasteiger partial charge in [-0.1, -0.05) is 6.07 Å². The first-order valence-electron chi connectivity index (χ1n) is 6.59. The lowest BCUT2D eigenvalue weighted by molar-refractivity contribution is 0.620. The predicted octanol–water partition coefficient (Wildman–Crippen LogP) is 4.39. The minimum absolute atomic E-state index is 0.302. The fourth-order valence-corrected chi connectivity index (χ4v) is 2.58. The van der Waals surface area contributed by atoms with Crippen molar-refractivity contribution in [2.45, 2.75) is 13.3 Å². The Kier molecular flexibility index (Phi) is 3.64. The van der Waals surface area contributed by atoms with Gasteiger partial charge in [-0.05, 0) is 36.8 Å². The number of aryl methyl sites for hydroxylation is 2. The lowest BCUT2D eigenvalue weighted by Gasteiger charge is -2.09. The zero-order valence-electron chi connectivity index (χ0n) is 11.4. The summed E-state index contributed by atoms with van der Waals surface area (Å²) < 4.78 is 29.0. The molecule has 1 aromatic heterocycles. The molecule has 0 spiro atoms. The van der Waals surface area contributed by atoms with E-state index in [1.807, 2.05) is 4.57 Å². The number of halogens is 3. The largest absolute Gasteiger partial charge is 0.296 e. The average molecular weight is 307 g/mol. The average Bonchev–Trinajstić information content (AvgIpc) is 2.77. The lowest BCUT2D eigenvalue weighted by atomic mass is 10.2. The number of hydrogen-bond acceptors (Lipinski definition) is 1. The van der Waals surface area contributed by atoms with Crippen LogP contribution in [0.25, 0.3) is 16.7 Å². The molecule has 21 heavy (non-hydrogen) atoms. The number of nitrogens with zero attached hydrogens (tertiary/aromatic N) is 2. The minimum atomic E-state index is -0.329. The van der Waals surface area contributed by atoms with E-state index in [1.54, 1.807) is 25.1 Å². The first-order chi connectivity index (χ1) is 10.1. The number of fused-ring (bicyclic) bond motifs is 1. The summed E-state index contributed by atoms with van der Waals surface area (Å²) in [6, 6.07) is 9.36. The fourth-order valence-electron chi connectivity index (χ4n) is 2.41. The second-order valence-corrected chi connectivity index (χ2v) is 5.25. The summed E-state index contributed by atoms with van der Waals surface area (Å²) in [5.41, 5.74) is 2.48. The molecule has 3 rings (SSSR count). The molecule has 0 bridgehead atoms.